The Labute approximate surface area is 120 Å². The van der Waals surface area contributed by atoms with Gasteiger partial charge in [0.05, 0.1) is 16.0 Å². The number of carbonyl (C=O) groups is 1. The number of hydrogen-bond donors (Lipinski definition) is 1. The van der Waals surface area contributed by atoms with Gasteiger partial charge in [-0.25, -0.2) is 0 Å². The van der Waals surface area contributed by atoms with Gasteiger partial charge in [-0.15, -0.1) is 11.6 Å². The molecule has 1 amide bonds. The molecule has 1 N–H and O–H groups in total. The fraction of sp³-hybridized carbons (Fsp3) is 0.417. The molecular formula is C12H14BrCl2NO. The lowest BCUT2D eigenvalue weighted by Gasteiger charge is -2.14. The third-order valence-electron chi connectivity index (χ3n) is 2.35. The zero-order chi connectivity index (χ0) is 13.0. The van der Waals surface area contributed by atoms with Crippen molar-refractivity contribution in [3.63, 3.8) is 0 Å². The molecule has 2 nitrogen and oxygen atoms in total. The number of nitrogens with one attached hydrogen (secondary N) is 1. The van der Waals surface area contributed by atoms with Crippen LogP contribution in [0.3, 0.4) is 0 Å². The normalized spacial score (nSPS) is 12.6. The summed E-state index contributed by atoms with van der Waals surface area (Å²) in [6.45, 7) is 4.45. The minimum absolute atomic E-state index is 0.0788. The van der Waals surface area contributed by atoms with Gasteiger partial charge in [-0.05, 0) is 24.1 Å². The summed E-state index contributed by atoms with van der Waals surface area (Å²) in [4.78, 5) is 11.9. The Morgan fingerprint density at radius 3 is 2.71 bits per heavy atom. The van der Waals surface area contributed by atoms with E-state index in [0.29, 0.717) is 23.0 Å². The number of rotatable bonds is 4. The van der Waals surface area contributed by atoms with Crippen molar-refractivity contribution in [2.75, 3.05) is 6.54 Å². The van der Waals surface area contributed by atoms with Crippen LogP contribution in [0.15, 0.2) is 22.7 Å². The third-order valence-corrected chi connectivity index (χ3v) is 3.84. The molecule has 0 radical (unpaired) electrons. The summed E-state index contributed by atoms with van der Waals surface area (Å²) in [6.07, 6.45) is 0. The largest absolute Gasteiger partial charge is 0.350 e. The van der Waals surface area contributed by atoms with Crippen molar-refractivity contribution in [3.05, 3.63) is 33.3 Å². The van der Waals surface area contributed by atoms with E-state index in [-0.39, 0.29) is 11.3 Å². The van der Waals surface area contributed by atoms with Gasteiger partial charge in [0.15, 0.2) is 0 Å². The van der Waals surface area contributed by atoms with Crippen LogP contribution in [-0.2, 0) is 0 Å². The highest BCUT2D eigenvalue weighted by Crippen LogP contribution is 2.21. The van der Waals surface area contributed by atoms with Gasteiger partial charge in [-0.3, -0.25) is 4.79 Å². The van der Waals surface area contributed by atoms with Crippen LogP contribution in [0.1, 0.15) is 24.2 Å². The number of benzene rings is 1. The van der Waals surface area contributed by atoms with Gasteiger partial charge in [0.1, 0.15) is 0 Å². The van der Waals surface area contributed by atoms with E-state index in [1.807, 2.05) is 13.8 Å². The Kier molecular flexibility index (Phi) is 5.77. The first-order valence-corrected chi connectivity index (χ1v) is 6.90. The zero-order valence-electron chi connectivity index (χ0n) is 9.64. The van der Waals surface area contributed by atoms with Crippen LogP contribution in [0.4, 0.5) is 0 Å². The second-order valence-electron chi connectivity index (χ2n) is 4.09. The van der Waals surface area contributed by atoms with Crippen LogP contribution in [-0.4, -0.2) is 17.8 Å². The average molecular weight is 339 g/mol. The number of hydrogen-bond acceptors (Lipinski definition) is 1. The van der Waals surface area contributed by atoms with Gasteiger partial charge in [0.2, 0.25) is 0 Å². The molecule has 1 rings (SSSR count). The van der Waals surface area contributed by atoms with E-state index < -0.39 is 0 Å². The molecule has 1 unspecified atom stereocenters. The second-order valence-corrected chi connectivity index (χ2v) is 5.98. The predicted molar refractivity (Wildman–Crippen MR) is 76.0 cm³/mol. The minimum Gasteiger partial charge on any atom is -0.350 e. The smallest absolute Gasteiger partial charge is 0.252 e. The topological polar surface area (TPSA) is 29.1 Å². The summed E-state index contributed by atoms with van der Waals surface area (Å²) >= 11 is 15.3. The monoisotopic (exact) mass is 337 g/mol. The van der Waals surface area contributed by atoms with Gasteiger partial charge < -0.3 is 5.32 Å². The lowest BCUT2D eigenvalue weighted by atomic mass is 10.1. The van der Waals surface area contributed by atoms with Crippen LogP contribution in [0.25, 0.3) is 0 Å². The first kappa shape index (κ1) is 14.8. The molecule has 0 saturated heterocycles. The highest BCUT2D eigenvalue weighted by Gasteiger charge is 2.14. The van der Waals surface area contributed by atoms with E-state index in [2.05, 4.69) is 21.2 Å². The van der Waals surface area contributed by atoms with Crippen molar-refractivity contribution in [3.8, 4) is 0 Å². The van der Waals surface area contributed by atoms with Crippen LogP contribution in [0, 0.1) is 5.92 Å². The summed E-state index contributed by atoms with van der Waals surface area (Å²) in [7, 11) is 0. The van der Waals surface area contributed by atoms with Crippen LogP contribution < -0.4 is 5.32 Å². The predicted octanol–water partition coefficient (Wildman–Crippen LogP) is 4.10. The molecule has 0 aliphatic heterocycles. The molecule has 0 spiro atoms. The van der Waals surface area contributed by atoms with Gasteiger partial charge >= 0.3 is 0 Å². The number of alkyl halides is 1. The summed E-state index contributed by atoms with van der Waals surface area (Å²) < 4.78 is 0.818. The first-order chi connectivity index (χ1) is 7.91. The minimum atomic E-state index is -0.206. The van der Waals surface area contributed by atoms with Gasteiger partial charge in [0.25, 0.3) is 5.91 Å². The maximum absolute atomic E-state index is 11.9. The Hall–Kier alpha value is -0.250. The van der Waals surface area contributed by atoms with Crippen molar-refractivity contribution >= 4 is 45.0 Å². The Balaban J connectivity index is 2.67. The van der Waals surface area contributed by atoms with E-state index in [1.54, 1.807) is 18.2 Å². The molecule has 1 aromatic carbocycles. The van der Waals surface area contributed by atoms with Crippen molar-refractivity contribution < 1.29 is 4.79 Å². The van der Waals surface area contributed by atoms with E-state index >= 15 is 0 Å². The molecule has 0 fully saturated rings. The first-order valence-electron chi connectivity index (χ1n) is 5.29. The number of halogens is 3. The van der Waals surface area contributed by atoms with E-state index in [9.17, 15) is 4.79 Å². The maximum Gasteiger partial charge on any atom is 0.252 e. The zero-order valence-corrected chi connectivity index (χ0v) is 12.7. The fourth-order valence-electron chi connectivity index (χ4n) is 1.19. The van der Waals surface area contributed by atoms with Gasteiger partial charge in [0, 0.05) is 11.0 Å². The quantitative estimate of drug-likeness (QED) is 0.823. The molecule has 5 heteroatoms. The molecule has 0 heterocycles. The standard InChI is InChI=1S/C12H14BrCl2NO/c1-7(2)11(15)6-16-12(17)9-5-8(13)3-4-10(9)14/h3-5,7,11H,6H2,1-2H3,(H,16,17). The highest BCUT2D eigenvalue weighted by molar-refractivity contribution is 9.10. The van der Waals surface area contributed by atoms with Crippen LogP contribution in [0.2, 0.25) is 5.02 Å². The Morgan fingerprint density at radius 1 is 1.47 bits per heavy atom. The molecule has 1 aromatic rings. The van der Waals surface area contributed by atoms with E-state index in [0.717, 1.165) is 4.47 Å². The molecule has 1 atom stereocenters. The molecule has 0 aliphatic carbocycles. The summed E-state index contributed by atoms with van der Waals surface area (Å²) in [5.74, 6) is 0.109. The third kappa shape index (κ3) is 4.49. The lowest BCUT2D eigenvalue weighted by Crippen LogP contribution is -2.32. The van der Waals surface area contributed by atoms with E-state index in [4.69, 9.17) is 23.2 Å². The van der Waals surface area contributed by atoms with Gasteiger partial charge in [-0.2, -0.15) is 0 Å². The van der Waals surface area contributed by atoms with Gasteiger partial charge in [-0.1, -0.05) is 41.4 Å². The van der Waals surface area contributed by atoms with Crippen molar-refractivity contribution in [1.82, 2.24) is 5.32 Å². The SMILES string of the molecule is CC(C)C(Cl)CNC(=O)c1cc(Br)ccc1Cl. The summed E-state index contributed by atoms with van der Waals surface area (Å²) in [5.41, 5.74) is 0.452. The molecule has 17 heavy (non-hydrogen) atoms. The van der Waals surface area contributed by atoms with Crippen molar-refractivity contribution in [2.24, 2.45) is 5.92 Å². The van der Waals surface area contributed by atoms with Crippen molar-refractivity contribution in [1.29, 1.82) is 0 Å². The summed E-state index contributed by atoms with van der Waals surface area (Å²) in [5, 5.41) is 3.12. The number of amides is 1. The molecule has 0 bridgehead atoms. The van der Waals surface area contributed by atoms with Crippen molar-refractivity contribution in [2.45, 2.75) is 19.2 Å². The Bertz CT molecular complexity index is 409. The van der Waals surface area contributed by atoms with Crippen LogP contribution >= 0.6 is 39.1 Å². The fourth-order valence-corrected chi connectivity index (χ4v) is 1.83. The molecule has 0 saturated carbocycles. The summed E-state index contributed by atoms with van der Waals surface area (Å²) in [6, 6.07) is 5.16. The highest BCUT2D eigenvalue weighted by atomic mass is 79.9. The van der Waals surface area contributed by atoms with Crippen LogP contribution in [0.5, 0.6) is 0 Å². The molecule has 0 aliphatic rings. The molecule has 94 valence electrons. The molecular weight excluding hydrogens is 325 g/mol. The maximum atomic E-state index is 11.9. The van der Waals surface area contributed by atoms with E-state index in [1.165, 1.54) is 0 Å². The molecule has 0 aromatic heterocycles. The number of carbonyl (C=O) groups excluding carboxylic acids is 1. The Morgan fingerprint density at radius 2 is 2.12 bits per heavy atom. The lowest BCUT2D eigenvalue weighted by molar-refractivity contribution is 0.0952. The average Bonchev–Trinajstić information content (AvgIpc) is 2.28. The second kappa shape index (κ2) is 6.62.